The smallest absolute Gasteiger partial charge is 0.194 e. The Morgan fingerprint density at radius 2 is 0.636 bits per heavy atom. The standard InChI is InChI=1S/C78H48F7NO2/c1-3-47-13-31-59(32-14-47)87-61-35-21-51(22-36-61)77(53-41-71(80)75(84)72(81)42-53)67-11-7-5-9-63(67)65-39-29-57(45-69(65)77)86(56-27-19-50(20-28-56)49-17-25-55(79)26-18-49)58-30-40-66-64-10-6-8-12-68(64)78(70(66)46-58,54-43-73(82)76(85)74(83)44-54)52-23-37-62(38-24-52)88-60-33-15-48(4-2)16-34-60/h3-46H,1-2H2. The fraction of sp³-hybridized carbons (Fsp3) is 0.0256. The van der Waals surface area contributed by atoms with Crippen molar-refractivity contribution in [1.82, 2.24) is 0 Å². The first-order chi connectivity index (χ1) is 42.8. The van der Waals surface area contributed by atoms with Crippen LogP contribution in [0, 0.1) is 40.7 Å². The summed E-state index contributed by atoms with van der Waals surface area (Å²) in [6, 6.07) is 74.3. The third kappa shape index (κ3) is 9.06. The lowest BCUT2D eigenvalue weighted by molar-refractivity contribution is 0.443. The van der Waals surface area contributed by atoms with E-state index in [-0.39, 0.29) is 16.9 Å². The summed E-state index contributed by atoms with van der Waals surface area (Å²) in [5.41, 5.74) is 9.19. The molecule has 2 atom stereocenters. The van der Waals surface area contributed by atoms with Crippen LogP contribution in [0.25, 0.3) is 45.5 Å². The zero-order chi connectivity index (χ0) is 60.4. The number of halogens is 7. The van der Waals surface area contributed by atoms with E-state index < -0.39 is 45.7 Å². The number of hydrogen-bond donors (Lipinski definition) is 0. The minimum absolute atomic E-state index is 0.122. The molecule has 0 spiro atoms. The Balaban J connectivity index is 0.994. The highest BCUT2D eigenvalue weighted by molar-refractivity contribution is 5.92. The average molecular weight is 1160 g/mol. The van der Waals surface area contributed by atoms with Gasteiger partial charge in [0.15, 0.2) is 34.9 Å². The molecule has 0 radical (unpaired) electrons. The SMILES string of the molecule is C=Cc1ccc(Oc2ccc(C3(c4cc(F)c(F)c(F)c4)c4ccccc4-c4ccc(N(c5ccc(-c6ccc(F)cc6)cc5)c5ccc6c(c5)C(c5ccc(Oc7ccc(C=C)cc7)cc5)(c5cc(F)c(F)c(F)c5)c5ccccc5-6)cc43)cc2)cc1. The number of fused-ring (bicyclic) bond motifs is 6. The van der Waals surface area contributed by atoms with Crippen molar-refractivity contribution in [2.75, 3.05) is 4.90 Å². The molecular weight excluding hydrogens is 1120 g/mol. The predicted molar refractivity (Wildman–Crippen MR) is 334 cm³/mol. The lowest BCUT2D eigenvalue weighted by atomic mass is 9.67. The van der Waals surface area contributed by atoms with Gasteiger partial charge in [-0.3, -0.25) is 0 Å². The van der Waals surface area contributed by atoms with Gasteiger partial charge in [-0.05, 0) is 210 Å². The molecule has 2 aliphatic rings. The number of hydrogen-bond acceptors (Lipinski definition) is 3. The first-order valence-electron chi connectivity index (χ1n) is 28.3. The number of ether oxygens (including phenoxy) is 2. The molecule has 3 nitrogen and oxygen atoms in total. The third-order valence-corrected chi connectivity index (χ3v) is 17.0. The Labute approximate surface area is 503 Å². The summed E-state index contributed by atoms with van der Waals surface area (Å²) in [6.45, 7) is 7.69. The largest absolute Gasteiger partial charge is 0.457 e. The number of benzene rings is 12. The Morgan fingerprint density at radius 3 is 1.01 bits per heavy atom. The molecule has 0 aromatic heterocycles. The van der Waals surface area contributed by atoms with Gasteiger partial charge in [-0.2, -0.15) is 0 Å². The summed E-state index contributed by atoms with van der Waals surface area (Å²) in [7, 11) is 0. The van der Waals surface area contributed by atoms with Crippen LogP contribution >= 0.6 is 0 Å². The van der Waals surface area contributed by atoms with Gasteiger partial charge in [0.2, 0.25) is 0 Å². The molecule has 0 fully saturated rings. The molecule has 0 aliphatic heterocycles. The summed E-state index contributed by atoms with van der Waals surface area (Å²) in [5.74, 6) is -6.97. The van der Waals surface area contributed by atoms with Gasteiger partial charge in [-0.1, -0.05) is 159 Å². The van der Waals surface area contributed by atoms with Crippen molar-refractivity contribution in [2.24, 2.45) is 0 Å². The van der Waals surface area contributed by atoms with E-state index in [2.05, 4.69) is 13.2 Å². The van der Waals surface area contributed by atoms with Crippen LogP contribution in [-0.4, -0.2) is 0 Å². The van der Waals surface area contributed by atoms with E-state index in [1.807, 2.05) is 187 Å². The first-order valence-corrected chi connectivity index (χ1v) is 28.3. The molecule has 426 valence electrons. The van der Waals surface area contributed by atoms with Gasteiger partial charge >= 0.3 is 0 Å². The molecule has 0 N–H and O–H groups in total. The highest BCUT2D eigenvalue weighted by atomic mass is 19.2. The van der Waals surface area contributed by atoms with Crippen molar-refractivity contribution in [2.45, 2.75) is 10.8 Å². The van der Waals surface area contributed by atoms with Crippen molar-refractivity contribution in [3.63, 3.8) is 0 Å². The summed E-state index contributed by atoms with van der Waals surface area (Å²) in [4.78, 5) is 2.01. The summed E-state index contributed by atoms with van der Waals surface area (Å²) in [6.07, 6.45) is 3.46. The minimum Gasteiger partial charge on any atom is -0.457 e. The van der Waals surface area contributed by atoms with Crippen LogP contribution in [0.4, 0.5) is 47.8 Å². The van der Waals surface area contributed by atoms with Crippen molar-refractivity contribution in [3.05, 3.63) is 364 Å². The maximum atomic E-state index is 16.1. The number of anilines is 3. The highest BCUT2D eigenvalue weighted by Gasteiger charge is 2.49. The first kappa shape index (κ1) is 54.9. The molecule has 14 rings (SSSR count). The van der Waals surface area contributed by atoms with Gasteiger partial charge in [-0.25, -0.2) is 30.7 Å². The zero-order valence-corrected chi connectivity index (χ0v) is 46.7. The lowest BCUT2D eigenvalue weighted by Gasteiger charge is -2.36. The molecule has 88 heavy (non-hydrogen) atoms. The van der Waals surface area contributed by atoms with Crippen molar-refractivity contribution in [1.29, 1.82) is 0 Å². The van der Waals surface area contributed by atoms with Crippen LogP contribution in [-0.2, 0) is 10.8 Å². The second-order valence-corrected chi connectivity index (χ2v) is 21.7. The van der Waals surface area contributed by atoms with Crippen LogP contribution in [0.1, 0.15) is 55.6 Å². The average Bonchev–Trinajstić information content (AvgIpc) is 1.58. The van der Waals surface area contributed by atoms with E-state index in [9.17, 15) is 4.39 Å². The monoisotopic (exact) mass is 1160 g/mol. The Morgan fingerprint density at radius 1 is 0.307 bits per heavy atom. The van der Waals surface area contributed by atoms with Crippen molar-refractivity contribution in [3.8, 4) is 56.4 Å². The summed E-state index contributed by atoms with van der Waals surface area (Å²) in [5, 5.41) is 0. The lowest BCUT2D eigenvalue weighted by Crippen LogP contribution is -2.30. The van der Waals surface area contributed by atoms with Crippen LogP contribution in [0.5, 0.6) is 23.0 Å². The van der Waals surface area contributed by atoms with Crippen molar-refractivity contribution < 1.29 is 40.2 Å². The molecule has 2 aliphatic carbocycles. The van der Waals surface area contributed by atoms with Crippen LogP contribution in [0.2, 0.25) is 0 Å². The number of nitrogens with zero attached hydrogens (tertiary/aromatic N) is 1. The van der Waals surface area contributed by atoms with Gasteiger partial charge < -0.3 is 14.4 Å². The molecular formula is C78H48F7NO2. The zero-order valence-electron chi connectivity index (χ0n) is 46.7. The Kier molecular flexibility index (Phi) is 13.6. The van der Waals surface area contributed by atoms with E-state index in [0.29, 0.717) is 73.4 Å². The third-order valence-electron chi connectivity index (χ3n) is 17.0. The summed E-state index contributed by atoms with van der Waals surface area (Å²) < 4.78 is 122. The molecule has 2 unspecified atom stereocenters. The van der Waals surface area contributed by atoms with E-state index in [0.717, 1.165) is 68.8 Å². The van der Waals surface area contributed by atoms with Gasteiger partial charge in [0.1, 0.15) is 28.8 Å². The van der Waals surface area contributed by atoms with E-state index in [1.54, 1.807) is 48.6 Å². The molecule has 0 saturated carbocycles. The van der Waals surface area contributed by atoms with Gasteiger partial charge in [0.25, 0.3) is 0 Å². The van der Waals surface area contributed by atoms with Gasteiger partial charge in [0, 0.05) is 17.1 Å². The molecule has 0 bridgehead atoms. The van der Waals surface area contributed by atoms with E-state index >= 15 is 26.3 Å². The number of rotatable bonds is 14. The Hall–Kier alpha value is -11.0. The van der Waals surface area contributed by atoms with Crippen LogP contribution < -0.4 is 14.4 Å². The quantitative estimate of drug-likeness (QED) is 0.0800. The minimum atomic E-state index is -1.61. The van der Waals surface area contributed by atoms with E-state index in [4.69, 9.17) is 9.47 Å². The second-order valence-electron chi connectivity index (χ2n) is 21.7. The molecule has 12 aromatic carbocycles. The van der Waals surface area contributed by atoms with Gasteiger partial charge in [-0.15, -0.1) is 0 Å². The topological polar surface area (TPSA) is 21.7 Å². The maximum absolute atomic E-state index is 16.1. The molecule has 10 heteroatoms. The fourth-order valence-corrected chi connectivity index (χ4v) is 13.0. The highest BCUT2D eigenvalue weighted by Crippen LogP contribution is 2.60. The van der Waals surface area contributed by atoms with Crippen molar-refractivity contribution >= 4 is 29.2 Å². The molecule has 0 amide bonds. The fourth-order valence-electron chi connectivity index (χ4n) is 13.0. The Bertz CT molecular complexity index is 4420. The molecule has 0 saturated heterocycles. The molecule has 12 aromatic rings. The van der Waals surface area contributed by atoms with Gasteiger partial charge in [0.05, 0.1) is 10.8 Å². The predicted octanol–water partition coefficient (Wildman–Crippen LogP) is 21.4. The van der Waals surface area contributed by atoms with Crippen LogP contribution in [0.15, 0.2) is 268 Å². The normalized spacial score (nSPS) is 15.2. The second kappa shape index (κ2) is 21.8. The molecule has 0 heterocycles. The van der Waals surface area contributed by atoms with Crippen LogP contribution in [0.3, 0.4) is 0 Å². The maximum Gasteiger partial charge on any atom is 0.194 e. The summed E-state index contributed by atoms with van der Waals surface area (Å²) >= 11 is 0. The van der Waals surface area contributed by atoms with E-state index in [1.165, 1.54) is 12.1 Å².